The molecule has 4 nitrogen and oxygen atoms in total. The van der Waals surface area contributed by atoms with Crippen LogP contribution in [0.15, 0.2) is 29.6 Å². The van der Waals surface area contributed by atoms with Crippen molar-refractivity contribution in [2.24, 2.45) is 0 Å². The van der Waals surface area contributed by atoms with Gasteiger partial charge in [-0.15, -0.1) is 11.3 Å². The molecule has 22 heavy (non-hydrogen) atoms. The Kier molecular flexibility index (Phi) is 4.45. The molecule has 0 bridgehead atoms. The molecule has 0 spiro atoms. The molecule has 0 unspecified atom stereocenters. The summed E-state index contributed by atoms with van der Waals surface area (Å²) in [5.41, 5.74) is 9.71. The van der Waals surface area contributed by atoms with Crippen molar-refractivity contribution < 1.29 is 4.79 Å². The molecule has 1 aromatic heterocycles. The molecule has 1 aliphatic rings. The number of nitrogens with one attached hydrogen (secondary N) is 1. The third-order valence-electron chi connectivity index (χ3n) is 4.07. The average molecular weight is 315 g/mol. The largest absolute Gasteiger partial charge is 0.399 e. The zero-order chi connectivity index (χ0) is 15.5. The predicted octanol–water partition coefficient (Wildman–Crippen LogP) is 3.03. The van der Waals surface area contributed by atoms with Crippen LogP contribution in [0.4, 0.5) is 11.4 Å². The number of hydrogen-bond acceptors (Lipinski definition) is 4. The van der Waals surface area contributed by atoms with Crippen molar-refractivity contribution in [1.29, 1.82) is 0 Å². The lowest BCUT2D eigenvalue weighted by Gasteiger charge is -2.26. The Labute approximate surface area is 134 Å². The van der Waals surface area contributed by atoms with E-state index >= 15 is 0 Å². The molecule has 3 N–H and O–H groups in total. The molecule has 116 valence electrons. The standard InChI is InChI=1S/C17H21N3OS/c1-12-10-14(18)2-3-15(12)19-17(21)5-8-20-7-4-16-13(11-20)6-9-22-16/h2-3,6,9-10H,4-5,7-8,11,18H2,1H3,(H,19,21). The minimum absolute atomic E-state index is 0.0592. The number of rotatable bonds is 4. The van der Waals surface area contributed by atoms with Gasteiger partial charge in [-0.3, -0.25) is 9.69 Å². The maximum absolute atomic E-state index is 12.1. The highest BCUT2D eigenvalue weighted by Crippen LogP contribution is 2.24. The maximum Gasteiger partial charge on any atom is 0.225 e. The van der Waals surface area contributed by atoms with Crippen molar-refractivity contribution in [2.45, 2.75) is 26.3 Å². The Bertz CT molecular complexity index is 680. The highest BCUT2D eigenvalue weighted by molar-refractivity contribution is 7.10. The fourth-order valence-corrected chi connectivity index (χ4v) is 3.69. The van der Waals surface area contributed by atoms with Gasteiger partial charge in [-0.05, 0) is 54.1 Å². The molecular formula is C17H21N3OS. The van der Waals surface area contributed by atoms with Crippen LogP contribution in [0, 0.1) is 6.92 Å². The summed E-state index contributed by atoms with van der Waals surface area (Å²) in [5.74, 6) is 0.0592. The van der Waals surface area contributed by atoms with Crippen molar-refractivity contribution in [3.05, 3.63) is 45.6 Å². The zero-order valence-corrected chi connectivity index (χ0v) is 13.6. The van der Waals surface area contributed by atoms with Crippen LogP contribution in [0.2, 0.25) is 0 Å². The summed E-state index contributed by atoms with van der Waals surface area (Å²) in [6.07, 6.45) is 1.62. The molecule has 0 radical (unpaired) electrons. The summed E-state index contributed by atoms with van der Waals surface area (Å²) in [4.78, 5) is 16.0. The van der Waals surface area contributed by atoms with Gasteiger partial charge in [-0.2, -0.15) is 0 Å². The number of benzene rings is 1. The molecule has 2 aromatic rings. The fraction of sp³-hybridized carbons (Fsp3) is 0.353. The molecular weight excluding hydrogens is 294 g/mol. The van der Waals surface area contributed by atoms with Gasteiger partial charge in [0.25, 0.3) is 0 Å². The first-order chi connectivity index (χ1) is 10.6. The molecule has 2 heterocycles. The number of fused-ring (bicyclic) bond motifs is 1. The van der Waals surface area contributed by atoms with Crippen LogP contribution in [-0.4, -0.2) is 23.9 Å². The monoisotopic (exact) mass is 315 g/mol. The minimum atomic E-state index is 0.0592. The average Bonchev–Trinajstić information content (AvgIpc) is 2.95. The Morgan fingerprint density at radius 1 is 1.41 bits per heavy atom. The zero-order valence-electron chi connectivity index (χ0n) is 12.8. The third kappa shape index (κ3) is 3.48. The molecule has 0 fully saturated rings. The van der Waals surface area contributed by atoms with E-state index in [0.29, 0.717) is 6.42 Å². The van der Waals surface area contributed by atoms with Crippen molar-refractivity contribution in [3.8, 4) is 0 Å². The quantitative estimate of drug-likeness (QED) is 0.853. The van der Waals surface area contributed by atoms with Crippen molar-refractivity contribution in [2.75, 3.05) is 24.1 Å². The predicted molar refractivity (Wildman–Crippen MR) is 92.1 cm³/mol. The van der Waals surface area contributed by atoms with Crippen LogP contribution < -0.4 is 11.1 Å². The number of nitrogen functional groups attached to an aromatic ring is 1. The first-order valence-corrected chi connectivity index (χ1v) is 8.43. The second-order valence-corrected chi connectivity index (χ2v) is 6.77. The van der Waals surface area contributed by atoms with Gasteiger partial charge in [0.1, 0.15) is 0 Å². The second-order valence-electron chi connectivity index (χ2n) is 5.77. The highest BCUT2D eigenvalue weighted by atomic mass is 32.1. The first kappa shape index (κ1) is 15.1. The number of amides is 1. The van der Waals surface area contributed by atoms with Crippen LogP contribution in [0.3, 0.4) is 0 Å². The number of nitrogens with zero attached hydrogens (tertiary/aromatic N) is 1. The van der Waals surface area contributed by atoms with Gasteiger partial charge in [0, 0.05) is 42.3 Å². The Morgan fingerprint density at radius 3 is 3.09 bits per heavy atom. The summed E-state index contributed by atoms with van der Waals surface area (Å²) >= 11 is 1.84. The Balaban J connectivity index is 1.51. The van der Waals surface area contributed by atoms with Gasteiger partial charge >= 0.3 is 0 Å². The summed E-state index contributed by atoms with van der Waals surface area (Å²) < 4.78 is 0. The van der Waals surface area contributed by atoms with E-state index in [1.54, 1.807) is 0 Å². The molecule has 0 atom stereocenters. The van der Waals surface area contributed by atoms with E-state index in [1.165, 1.54) is 10.4 Å². The number of anilines is 2. The van der Waals surface area contributed by atoms with E-state index < -0.39 is 0 Å². The van der Waals surface area contributed by atoms with E-state index in [0.717, 1.165) is 43.0 Å². The van der Waals surface area contributed by atoms with Gasteiger partial charge in [-0.1, -0.05) is 0 Å². The smallest absolute Gasteiger partial charge is 0.225 e. The van der Waals surface area contributed by atoms with Crippen LogP contribution in [0.1, 0.15) is 22.4 Å². The number of carbonyl (C=O) groups excluding carboxylic acids is 1. The van der Waals surface area contributed by atoms with E-state index in [2.05, 4.69) is 21.7 Å². The van der Waals surface area contributed by atoms with Gasteiger partial charge in [0.2, 0.25) is 5.91 Å². The second kappa shape index (κ2) is 6.50. The van der Waals surface area contributed by atoms with Crippen LogP contribution >= 0.6 is 11.3 Å². The molecule has 0 aliphatic carbocycles. The van der Waals surface area contributed by atoms with E-state index in [1.807, 2.05) is 36.5 Å². The number of hydrogen-bond donors (Lipinski definition) is 2. The molecule has 1 aromatic carbocycles. The fourth-order valence-electron chi connectivity index (χ4n) is 2.80. The lowest BCUT2D eigenvalue weighted by Crippen LogP contribution is -2.32. The molecule has 1 aliphatic heterocycles. The SMILES string of the molecule is Cc1cc(N)ccc1NC(=O)CCN1CCc2sccc2C1. The topological polar surface area (TPSA) is 58.4 Å². The van der Waals surface area contributed by atoms with Crippen molar-refractivity contribution in [1.82, 2.24) is 4.90 Å². The third-order valence-corrected chi connectivity index (χ3v) is 5.09. The van der Waals surface area contributed by atoms with Crippen LogP contribution in [-0.2, 0) is 17.8 Å². The molecule has 5 heteroatoms. The number of aryl methyl sites for hydroxylation is 1. The summed E-state index contributed by atoms with van der Waals surface area (Å²) in [7, 11) is 0. The van der Waals surface area contributed by atoms with Crippen LogP contribution in [0.5, 0.6) is 0 Å². The van der Waals surface area contributed by atoms with Gasteiger partial charge in [0.15, 0.2) is 0 Å². The number of carbonyl (C=O) groups is 1. The Morgan fingerprint density at radius 2 is 2.27 bits per heavy atom. The minimum Gasteiger partial charge on any atom is -0.399 e. The number of thiophene rings is 1. The Hall–Kier alpha value is -1.85. The molecule has 3 rings (SSSR count). The van der Waals surface area contributed by atoms with Gasteiger partial charge in [0.05, 0.1) is 0 Å². The summed E-state index contributed by atoms with van der Waals surface area (Å²) in [6, 6.07) is 7.74. The van der Waals surface area contributed by atoms with Crippen molar-refractivity contribution in [3.63, 3.8) is 0 Å². The summed E-state index contributed by atoms with van der Waals surface area (Å²) in [6.45, 7) is 4.76. The highest BCUT2D eigenvalue weighted by Gasteiger charge is 2.17. The summed E-state index contributed by atoms with van der Waals surface area (Å²) in [5, 5.41) is 5.13. The normalized spacial score (nSPS) is 14.6. The van der Waals surface area contributed by atoms with E-state index in [4.69, 9.17) is 5.73 Å². The first-order valence-electron chi connectivity index (χ1n) is 7.55. The van der Waals surface area contributed by atoms with Crippen molar-refractivity contribution >= 4 is 28.6 Å². The van der Waals surface area contributed by atoms with Crippen LogP contribution in [0.25, 0.3) is 0 Å². The molecule has 0 saturated carbocycles. The number of nitrogens with two attached hydrogens (primary N) is 1. The maximum atomic E-state index is 12.1. The van der Waals surface area contributed by atoms with E-state index in [-0.39, 0.29) is 5.91 Å². The van der Waals surface area contributed by atoms with Gasteiger partial charge < -0.3 is 11.1 Å². The molecule has 1 amide bonds. The molecule has 0 saturated heterocycles. The lowest BCUT2D eigenvalue weighted by atomic mass is 10.1. The lowest BCUT2D eigenvalue weighted by molar-refractivity contribution is -0.116. The van der Waals surface area contributed by atoms with E-state index in [9.17, 15) is 4.79 Å². The van der Waals surface area contributed by atoms with Gasteiger partial charge in [-0.25, -0.2) is 0 Å².